The zero-order chi connectivity index (χ0) is 13.4. The molecule has 0 saturated carbocycles. The molecule has 5 nitrogen and oxygen atoms in total. The van der Waals surface area contributed by atoms with Crippen molar-refractivity contribution in [1.82, 2.24) is 9.97 Å². The second-order valence-corrected chi connectivity index (χ2v) is 3.62. The monoisotopic (exact) mass is 248 g/mol. The Morgan fingerprint density at radius 3 is 2.33 bits per heavy atom. The van der Waals surface area contributed by atoms with Crippen molar-refractivity contribution in [2.24, 2.45) is 0 Å². The number of hydrogen-bond acceptors (Lipinski definition) is 4. The first-order chi connectivity index (χ1) is 8.61. The van der Waals surface area contributed by atoms with E-state index in [0.29, 0.717) is 5.75 Å². The van der Waals surface area contributed by atoms with Crippen LogP contribution in [0, 0.1) is 6.92 Å². The molecular formula is C12H17BN2O3. The Morgan fingerprint density at radius 1 is 1.28 bits per heavy atom. The lowest BCUT2D eigenvalue weighted by molar-refractivity contribution is 0.288. The zero-order valence-electron chi connectivity index (χ0n) is 10.5. The minimum absolute atomic E-state index is 0.442. The average molecular weight is 248 g/mol. The Hall–Kier alpha value is -1.79. The largest absolute Gasteiger partial charge is 0.707 e. The van der Waals surface area contributed by atoms with E-state index in [4.69, 9.17) is 10.0 Å². The lowest BCUT2D eigenvalue weighted by atomic mass is 10.2. The number of nitrogens with one attached hydrogen (secondary N) is 1. The molecule has 0 amide bonds. The quantitative estimate of drug-likeness (QED) is 0.715. The van der Waals surface area contributed by atoms with Crippen molar-refractivity contribution in [2.75, 3.05) is 0 Å². The molecule has 3 N–H and O–H groups in total. The second-order valence-electron chi connectivity index (χ2n) is 3.62. The first kappa shape index (κ1) is 14.3. The second kappa shape index (κ2) is 7.52. The molecule has 0 spiro atoms. The van der Waals surface area contributed by atoms with Crippen LogP contribution in [0.4, 0.5) is 0 Å². The number of benzene rings is 1. The van der Waals surface area contributed by atoms with Gasteiger partial charge in [-0.1, -0.05) is 25.1 Å². The van der Waals surface area contributed by atoms with Crippen molar-refractivity contribution in [1.29, 1.82) is 0 Å². The first-order valence-corrected chi connectivity index (χ1v) is 5.70. The highest BCUT2D eigenvalue weighted by Crippen LogP contribution is 2.07. The van der Waals surface area contributed by atoms with Gasteiger partial charge in [-0.15, -0.1) is 0 Å². The zero-order valence-corrected chi connectivity index (χ0v) is 10.5. The van der Waals surface area contributed by atoms with Gasteiger partial charge in [-0.3, -0.25) is 0 Å². The van der Waals surface area contributed by atoms with Gasteiger partial charge in [-0.05, 0) is 19.1 Å². The van der Waals surface area contributed by atoms with Gasteiger partial charge >= 0.3 is 7.32 Å². The summed E-state index contributed by atoms with van der Waals surface area (Å²) in [4.78, 5) is 7.19. The van der Waals surface area contributed by atoms with Crippen molar-refractivity contribution in [3.05, 3.63) is 48.0 Å². The summed E-state index contributed by atoms with van der Waals surface area (Å²) in [5, 5.41) is 16.7. The van der Waals surface area contributed by atoms with E-state index in [9.17, 15) is 0 Å². The molecular weight excluding hydrogens is 231 g/mol. The number of nitrogens with zero attached hydrogens (tertiary/aromatic N) is 1. The van der Waals surface area contributed by atoms with Crippen LogP contribution in [0.5, 0.6) is 5.75 Å². The maximum atomic E-state index is 8.34. The summed E-state index contributed by atoms with van der Waals surface area (Å²) in [6.07, 6.45) is 2.84. The summed E-state index contributed by atoms with van der Waals surface area (Å²) in [6.45, 7) is 4.09. The van der Waals surface area contributed by atoms with Crippen LogP contribution in [0.2, 0.25) is 0 Å². The van der Waals surface area contributed by atoms with Crippen molar-refractivity contribution < 1.29 is 14.7 Å². The van der Waals surface area contributed by atoms with E-state index in [0.717, 1.165) is 17.9 Å². The third kappa shape index (κ3) is 5.52. The van der Waals surface area contributed by atoms with Crippen LogP contribution in [0.3, 0.4) is 0 Å². The highest BCUT2D eigenvalue weighted by atomic mass is 16.6. The van der Waals surface area contributed by atoms with Crippen molar-refractivity contribution in [2.45, 2.75) is 20.3 Å². The summed E-state index contributed by atoms with van der Waals surface area (Å²) in [6, 6.07) is 8.59. The van der Waals surface area contributed by atoms with Gasteiger partial charge < -0.3 is 19.7 Å². The van der Waals surface area contributed by atoms with Gasteiger partial charge in [-0.25, -0.2) is 4.98 Å². The van der Waals surface area contributed by atoms with Gasteiger partial charge in [-0.2, -0.15) is 0 Å². The Kier molecular flexibility index (Phi) is 5.97. The highest BCUT2D eigenvalue weighted by molar-refractivity contribution is 6.33. The fourth-order valence-corrected chi connectivity index (χ4v) is 1.27. The molecule has 1 heterocycles. The topological polar surface area (TPSA) is 78.4 Å². The molecule has 0 radical (unpaired) electrons. The number of para-hydroxylation sites is 1. The van der Waals surface area contributed by atoms with Gasteiger partial charge in [0.2, 0.25) is 0 Å². The molecule has 2 aromatic rings. The normalized spacial score (nSPS) is 9.33. The number of aromatic nitrogens is 2. The first-order valence-electron chi connectivity index (χ1n) is 5.70. The minimum Gasteiger partial charge on any atom is -0.512 e. The molecule has 0 fully saturated rings. The Bertz CT molecular complexity index is 446. The SMILES string of the molecule is CCc1ncc(C)[nH]1.OB(O)Oc1ccccc1. The van der Waals surface area contributed by atoms with Crippen LogP contribution in [0.1, 0.15) is 18.4 Å². The lowest BCUT2D eigenvalue weighted by Crippen LogP contribution is -2.20. The molecule has 0 atom stereocenters. The van der Waals surface area contributed by atoms with E-state index in [1.807, 2.05) is 19.2 Å². The molecule has 0 bridgehead atoms. The van der Waals surface area contributed by atoms with E-state index in [1.165, 1.54) is 0 Å². The van der Waals surface area contributed by atoms with Crippen LogP contribution < -0.4 is 4.65 Å². The number of hydrogen-bond donors (Lipinski definition) is 3. The van der Waals surface area contributed by atoms with Gasteiger partial charge in [0, 0.05) is 18.3 Å². The molecule has 18 heavy (non-hydrogen) atoms. The highest BCUT2D eigenvalue weighted by Gasteiger charge is 2.09. The van der Waals surface area contributed by atoms with Gasteiger partial charge in [0.05, 0.1) is 0 Å². The van der Waals surface area contributed by atoms with Crippen LogP contribution in [0.15, 0.2) is 36.5 Å². The van der Waals surface area contributed by atoms with Crippen molar-refractivity contribution in [3.63, 3.8) is 0 Å². The van der Waals surface area contributed by atoms with E-state index in [2.05, 4.69) is 21.5 Å². The summed E-state index contributed by atoms with van der Waals surface area (Å²) in [5.74, 6) is 1.51. The summed E-state index contributed by atoms with van der Waals surface area (Å²) < 4.78 is 4.53. The van der Waals surface area contributed by atoms with Crippen molar-refractivity contribution >= 4 is 7.32 Å². The van der Waals surface area contributed by atoms with E-state index >= 15 is 0 Å². The van der Waals surface area contributed by atoms with Crippen LogP contribution in [-0.4, -0.2) is 27.3 Å². The molecule has 0 saturated heterocycles. The van der Waals surface area contributed by atoms with E-state index in [1.54, 1.807) is 24.3 Å². The maximum Gasteiger partial charge on any atom is 0.707 e. The molecule has 0 unspecified atom stereocenters. The number of H-pyrrole nitrogens is 1. The maximum absolute atomic E-state index is 8.34. The predicted octanol–water partition coefficient (Wildman–Crippen LogP) is 1.32. The fraction of sp³-hybridized carbons (Fsp3) is 0.250. The molecule has 0 aliphatic rings. The molecule has 2 rings (SSSR count). The Labute approximate surface area is 107 Å². The predicted molar refractivity (Wildman–Crippen MR) is 70.0 cm³/mol. The van der Waals surface area contributed by atoms with Gasteiger partial charge in [0.15, 0.2) is 0 Å². The van der Waals surface area contributed by atoms with Crippen LogP contribution >= 0.6 is 0 Å². The number of rotatable bonds is 3. The standard InChI is InChI=1S/C6H7BO3.C6H10N2/c8-7(9)10-6-4-2-1-3-5-6;1-3-6-7-4-5(2)8-6/h1-5,8-9H;4H,3H2,1-2H3,(H,7,8). The van der Waals surface area contributed by atoms with Crippen molar-refractivity contribution in [3.8, 4) is 5.75 Å². The molecule has 96 valence electrons. The third-order valence-corrected chi connectivity index (χ3v) is 2.08. The number of aryl methyl sites for hydroxylation is 2. The molecule has 6 heteroatoms. The number of aromatic amines is 1. The minimum atomic E-state index is -1.73. The van der Waals surface area contributed by atoms with Crippen LogP contribution in [0.25, 0.3) is 0 Å². The van der Waals surface area contributed by atoms with E-state index in [-0.39, 0.29) is 0 Å². The van der Waals surface area contributed by atoms with Crippen LogP contribution in [-0.2, 0) is 6.42 Å². The average Bonchev–Trinajstić information content (AvgIpc) is 2.76. The Balaban J connectivity index is 0.000000184. The molecule has 0 aliphatic carbocycles. The smallest absolute Gasteiger partial charge is 0.512 e. The van der Waals surface area contributed by atoms with Gasteiger partial charge in [0.1, 0.15) is 11.6 Å². The fourth-order valence-electron chi connectivity index (χ4n) is 1.27. The lowest BCUT2D eigenvalue weighted by Gasteiger charge is -2.01. The third-order valence-electron chi connectivity index (χ3n) is 2.08. The molecule has 1 aromatic carbocycles. The summed E-state index contributed by atoms with van der Waals surface area (Å²) >= 11 is 0. The molecule has 0 aliphatic heterocycles. The van der Waals surface area contributed by atoms with E-state index < -0.39 is 7.32 Å². The summed E-state index contributed by atoms with van der Waals surface area (Å²) in [7, 11) is -1.73. The van der Waals surface area contributed by atoms with Gasteiger partial charge in [0.25, 0.3) is 0 Å². The Morgan fingerprint density at radius 2 is 1.94 bits per heavy atom. The molecule has 1 aromatic heterocycles. The number of imidazole rings is 1. The summed E-state index contributed by atoms with van der Waals surface area (Å²) in [5.41, 5.74) is 1.14.